The molecule has 2 aromatic heterocycles. The number of fused-ring (bicyclic) bond motifs is 2. The van der Waals surface area contributed by atoms with Crippen LogP contribution in [-0.2, 0) is 13.0 Å². The minimum absolute atomic E-state index is 0.0766. The highest BCUT2D eigenvalue weighted by molar-refractivity contribution is 9.11. The van der Waals surface area contributed by atoms with Gasteiger partial charge in [0, 0.05) is 17.3 Å². The minimum Gasteiger partial charge on any atom is -0.334 e. The maximum Gasteiger partial charge on any atom is 0.290 e. The van der Waals surface area contributed by atoms with Crippen LogP contribution in [0.15, 0.2) is 22.1 Å². The smallest absolute Gasteiger partial charge is 0.290 e. The van der Waals surface area contributed by atoms with Crippen LogP contribution in [0, 0.1) is 0 Å². The van der Waals surface area contributed by atoms with E-state index in [4.69, 9.17) is 11.6 Å². The average Bonchev–Trinajstić information content (AvgIpc) is 3.09. The van der Waals surface area contributed by atoms with Crippen LogP contribution in [-0.4, -0.2) is 31.8 Å². The molecule has 0 spiro atoms. The monoisotopic (exact) mass is 410 g/mol. The van der Waals surface area contributed by atoms with Gasteiger partial charge in [-0.25, -0.2) is 9.97 Å². The van der Waals surface area contributed by atoms with Crippen LogP contribution in [0.1, 0.15) is 28.1 Å². The zero-order valence-corrected chi connectivity index (χ0v) is 15.3. The Balaban J connectivity index is 1.69. The van der Waals surface area contributed by atoms with E-state index >= 15 is 0 Å². The molecule has 1 aromatic carbocycles. The molecule has 0 bridgehead atoms. The third kappa shape index (κ3) is 2.56. The van der Waals surface area contributed by atoms with Crippen molar-refractivity contribution in [3.8, 4) is 0 Å². The molecule has 1 N–H and O–H groups in total. The normalized spacial score (nSPS) is 17.5. The fourth-order valence-corrected chi connectivity index (χ4v) is 4.67. The number of imidazole rings is 1. The number of aromatic amines is 1. The van der Waals surface area contributed by atoms with Gasteiger partial charge in [0.25, 0.3) is 5.91 Å². The maximum atomic E-state index is 12.9. The summed E-state index contributed by atoms with van der Waals surface area (Å²) < 4.78 is 0.861. The van der Waals surface area contributed by atoms with Crippen LogP contribution in [0.4, 0.5) is 0 Å². The molecule has 0 saturated heterocycles. The van der Waals surface area contributed by atoms with Crippen molar-refractivity contribution in [1.82, 2.24) is 19.9 Å². The van der Waals surface area contributed by atoms with Crippen molar-refractivity contribution in [2.24, 2.45) is 0 Å². The third-order valence-electron chi connectivity index (χ3n) is 4.01. The molecule has 0 fully saturated rings. The number of amides is 1. The number of rotatable bonds is 1. The van der Waals surface area contributed by atoms with Crippen LogP contribution in [0.2, 0.25) is 5.02 Å². The van der Waals surface area contributed by atoms with E-state index in [1.807, 2.05) is 24.0 Å². The molecular formula is C15H12BrClN4OS. The summed E-state index contributed by atoms with van der Waals surface area (Å²) in [4.78, 5) is 27.8. The first-order valence-electron chi connectivity index (χ1n) is 7.12. The number of hydrogen-bond donors (Lipinski definition) is 1. The molecule has 0 radical (unpaired) electrons. The summed E-state index contributed by atoms with van der Waals surface area (Å²) in [5.74, 6) is 0.215. The lowest BCUT2D eigenvalue weighted by Crippen LogP contribution is -2.42. The van der Waals surface area contributed by atoms with E-state index in [2.05, 4.69) is 30.9 Å². The van der Waals surface area contributed by atoms with Crippen LogP contribution in [0.3, 0.4) is 0 Å². The van der Waals surface area contributed by atoms with E-state index in [-0.39, 0.29) is 11.9 Å². The van der Waals surface area contributed by atoms with Crippen molar-refractivity contribution in [3.05, 3.63) is 43.5 Å². The molecule has 118 valence electrons. The van der Waals surface area contributed by atoms with Gasteiger partial charge in [-0.1, -0.05) is 17.7 Å². The Morgan fingerprint density at radius 1 is 1.48 bits per heavy atom. The second kappa shape index (κ2) is 5.58. The number of aromatic nitrogens is 3. The van der Waals surface area contributed by atoms with E-state index < -0.39 is 0 Å². The molecule has 1 aliphatic heterocycles. The molecule has 5 nitrogen and oxygen atoms in total. The van der Waals surface area contributed by atoms with Gasteiger partial charge in [0.2, 0.25) is 0 Å². The van der Waals surface area contributed by atoms with Crippen molar-refractivity contribution in [3.63, 3.8) is 0 Å². The molecule has 4 rings (SSSR count). The van der Waals surface area contributed by atoms with Crippen LogP contribution < -0.4 is 0 Å². The predicted molar refractivity (Wildman–Crippen MR) is 94.0 cm³/mol. The van der Waals surface area contributed by atoms with Gasteiger partial charge >= 0.3 is 0 Å². The van der Waals surface area contributed by atoms with Gasteiger partial charge in [0.15, 0.2) is 9.74 Å². The molecular weight excluding hydrogens is 400 g/mol. The molecule has 8 heteroatoms. The molecule has 0 saturated carbocycles. The topological polar surface area (TPSA) is 61.9 Å². The van der Waals surface area contributed by atoms with Gasteiger partial charge in [-0.05, 0) is 35.0 Å². The largest absolute Gasteiger partial charge is 0.334 e. The summed E-state index contributed by atoms with van der Waals surface area (Å²) in [6.07, 6.45) is 0.754. The fourth-order valence-electron chi connectivity index (χ4n) is 2.84. The number of para-hydroxylation sites is 1. The second-order valence-electron chi connectivity index (χ2n) is 5.54. The van der Waals surface area contributed by atoms with E-state index in [9.17, 15) is 4.79 Å². The quantitative estimate of drug-likeness (QED) is 0.658. The third-order valence-corrected chi connectivity index (χ3v) is 5.85. The van der Waals surface area contributed by atoms with Gasteiger partial charge < -0.3 is 9.88 Å². The number of thiazole rings is 1. The summed E-state index contributed by atoms with van der Waals surface area (Å²) in [5.41, 5.74) is 2.47. The Morgan fingerprint density at radius 2 is 2.30 bits per heavy atom. The summed E-state index contributed by atoms with van der Waals surface area (Å²) >= 11 is 11.1. The van der Waals surface area contributed by atoms with Gasteiger partial charge in [0.1, 0.15) is 5.52 Å². The number of nitrogens with zero attached hydrogens (tertiary/aromatic N) is 3. The van der Waals surface area contributed by atoms with Crippen LogP contribution in [0.5, 0.6) is 0 Å². The number of halogens is 2. The Kier molecular flexibility index (Phi) is 3.66. The van der Waals surface area contributed by atoms with E-state index in [1.54, 1.807) is 17.4 Å². The molecule has 1 aliphatic rings. The Bertz CT molecular complexity index is 921. The summed E-state index contributed by atoms with van der Waals surface area (Å²) in [7, 11) is 0. The number of hydrogen-bond acceptors (Lipinski definition) is 4. The SMILES string of the molecule is C[C@@H]1Cc2nc(Br)sc2CN1C(=O)c1nc2c(Cl)cccc2[nH]1. The van der Waals surface area contributed by atoms with E-state index in [0.717, 1.165) is 26.4 Å². The summed E-state index contributed by atoms with van der Waals surface area (Å²) in [5, 5.41) is 0.540. The Morgan fingerprint density at radius 3 is 3.09 bits per heavy atom. The first-order valence-corrected chi connectivity index (χ1v) is 9.11. The van der Waals surface area contributed by atoms with Crippen LogP contribution >= 0.6 is 38.9 Å². The van der Waals surface area contributed by atoms with Crippen molar-refractivity contribution in [2.45, 2.75) is 25.9 Å². The van der Waals surface area contributed by atoms with Gasteiger partial charge in [-0.15, -0.1) is 11.3 Å². The van der Waals surface area contributed by atoms with Crippen molar-refractivity contribution in [2.75, 3.05) is 0 Å². The molecule has 3 heterocycles. The Labute approximate surface area is 149 Å². The summed E-state index contributed by atoms with van der Waals surface area (Å²) in [6, 6.07) is 5.54. The van der Waals surface area contributed by atoms with Crippen molar-refractivity contribution < 1.29 is 4.79 Å². The average molecular weight is 412 g/mol. The van der Waals surface area contributed by atoms with Gasteiger partial charge in [-0.2, -0.15) is 0 Å². The van der Waals surface area contributed by atoms with E-state index in [0.29, 0.717) is 22.9 Å². The lowest BCUT2D eigenvalue weighted by atomic mass is 10.1. The lowest BCUT2D eigenvalue weighted by molar-refractivity contribution is 0.0649. The Hall–Kier alpha value is -1.44. The molecule has 1 atom stereocenters. The van der Waals surface area contributed by atoms with Gasteiger partial charge in [0.05, 0.1) is 22.8 Å². The highest BCUT2D eigenvalue weighted by atomic mass is 79.9. The van der Waals surface area contributed by atoms with Crippen LogP contribution in [0.25, 0.3) is 11.0 Å². The highest BCUT2D eigenvalue weighted by Crippen LogP contribution is 2.31. The molecule has 0 aliphatic carbocycles. The number of carbonyl (C=O) groups is 1. The minimum atomic E-state index is -0.111. The maximum absolute atomic E-state index is 12.9. The zero-order chi connectivity index (χ0) is 16.1. The second-order valence-corrected chi connectivity index (χ2v) is 8.31. The van der Waals surface area contributed by atoms with Crippen molar-refractivity contribution >= 4 is 55.8 Å². The lowest BCUT2D eigenvalue weighted by Gasteiger charge is -2.31. The number of H-pyrrole nitrogens is 1. The molecule has 0 unspecified atom stereocenters. The fraction of sp³-hybridized carbons (Fsp3) is 0.267. The summed E-state index contributed by atoms with van der Waals surface area (Å²) in [6.45, 7) is 2.59. The predicted octanol–water partition coefficient (Wildman–Crippen LogP) is 4.02. The van der Waals surface area contributed by atoms with E-state index in [1.165, 1.54) is 0 Å². The zero-order valence-electron chi connectivity index (χ0n) is 12.1. The standard InChI is InChI=1S/C15H12BrClN4OS/c1-7-5-10-11(23-15(16)19-10)6-21(7)14(22)13-18-9-4-2-3-8(17)12(9)20-13/h2-4,7H,5-6H2,1H3,(H,18,20)/t7-/m1/s1. The molecule has 1 amide bonds. The van der Waals surface area contributed by atoms with Crippen molar-refractivity contribution in [1.29, 1.82) is 0 Å². The first kappa shape index (κ1) is 15.1. The molecule has 23 heavy (non-hydrogen) atoms. The number of nitrogens with one attached hydrogen (secondary N) is 1. The number of carbonyl (C=O) groups excluding carboxylic acids is 1. The highest BCUT2D eigenvalue weighted by Gasteiger charge is 2.31. The number of benzene rings is 1. The first-order chi connectivity index (χ1) is 11.0. The molecule has 3 aromatic rings. The van der Waals surface area contributed by atoms with Gasteiger partial charge in [-0.3, -0.25) is 4.79 Å².